The number of aliphatic hydroxyl groups excluding tert-OH is 2. The standard InChI is InChI=1S/C29H41NO3/c1-20-12-22-14-23(13-20)17-28(2,16-22)26-15-25(8-9-27(26)33-3)24-6-4-21(5-7-24)10-11-29(30,18-31)19-32/h4-9,15,20,22-23,31-32H,10-14,16-19,30H2,1-3H3. The Morgan fingerprint density at radius 1 is 0.970 bits per heavy atom. The zero-order chi connectivity index (χ0) is 23.6. The minimum absolute atomic E-state index is 0.161. The van der Waals surface area contributed by atoms with Gasteiger partial charge in [0.1, 0.15) is 5.75 Å². The van der Waals surface area contributed by atoms with Gasteiger partial charge >= 0.3 is 0 Å². The molecule has 2 saturated carbocycles. The molecule has 0 radical (unpaired) electrons. The maximum absolute atomic E-state index is 9.42. The van der Waals surface area contributed by atoms with Crippen molar-refractivity contribution in [3.63, 3.8) is 0 Å². The second-order valence-corrected chi connectivity index (χ2v) is 11.3. The molecule has 4 nitrogen and oxygen atoms in total. The fraction of sp³-hybridized carbons (Fsp3) is 0.586. The van der Waals surface area contributed by atoms with E-state index in [2.05, 4.69) is 56.3 Å². The number of aliphatic hydroxyl groups is 2. The monoisotopic (exact) mass is 451 g/mol. The van der Waals surface area contributed by atoms with E-state index in [9.17, 15) is 10.2 Å². The normalized spacial score (nSPS) is 27.4. The molecule has 2 bridgehead atoms. The molecule has 2 atom stereocenters. The highest BCUT2D eigenvalue weighted by atomic mass is 16.5. The Hall–Kier alpha value is -1.88. The Morgan fingerprint density at radius 3 is 2.15 bits per heavy atom. The lowest BCUT2D eigenvalue weighted by atomic mass is 9.57. The van der Waals surface area contributed by atoms with Crippen LogP contribution in [0.4, 0.5) is 0 Å². The molecule has 2 aromatic rings. The summed E-state index contributed by atoms with van der Waals surface area (Å²) in [5.41, 5.74) is 10.2. The average Bonchev–Trinajstić information content (AvgIpc) is 2.81. The third kappa shape index (κ3) is 5.29. The molecule has 0 saturated heterocycles. The fourth-order valence-electron chi connectivity index (χ4n) is 6.63. The van der Waals surface area contributed by atoms with Crippen LogP contribution in [0, 0.1) is 17.8 Å². The molecule has 2 fully saturated rings. The summed E-state index contributed by atoms with van der Waals surface area (Å²) < 4.78 is 5.85. The maximum Gasteiger partial charge on any atom is 0.122 e. The molecular formula is C29H41NO3. The summed E-state index contributed by atoms with van der Waals surface area (Å²) in [5, 5.41) is 18.8. The second kappa shape index (κ2) is 9.77. The van der Waals surface area contributed by atoms with E-state index in [-0.39, 0.29) is 18.6 Å². The molecule has 33 heavy (non-hydrogen) atoms. The van der Waals surface area contributed by atoms with Crippen LogP contribution < -0.4 is 10.5 Å². The van der Waals surface area contributed by atoms with Crippen LogP contribution in [-0.2, 0) is 11.8 Å². The van der Waals surface area contributed by atoms with Crippen molar-refractivity contribution < 1.29 is 14.9 Å². The van der Waals surface area contributed by atoms with Crippen molar-refractivity contribution in [1.29, 1.82) is 0 Å². The predicted octanol–water partition coefficient (Wildman–Crippen LogP) is 5.08. The first-order chi connectivity index (χ1) is 15.8. The Labute approximate surface area is 199 Å². The van der Waals surface area contributed by atoms with Crippen LogP contribution in [0.5, 0.6) is 5.75 Å². The van der Waals surface area contributed by atoms with Crippen LogP contribution in [0.25, 0.3) is 11.1 Å². The van der Waals surface area contributed by atoms with E-state index in [1.807, 2.05) is 0 Å². The Bertz CT molecular complexity index is 916. The first-order valence-electron chi connectivity index (χ1n) is 12.6. The van der Waals surface area contributed by atoms with Crippen LogP contribution >= 0.6 is 0 Å². The third-order valence-electron chi connectivity index (χ3n) is 8.29. The summed E-state index contributed by atoms with van der Waals surface area (Å²) in [6.07, 6.45) is 7.92. The van der Waals surface area contributed by atoms with Crippen LogP contribution in [0.3, 0.4) is 0 Å². The Balaban J connectivity index is 1.56. The molecule has 2 aliphatic rings. The highest BCUT2D eigenvalue weighted by Gasteiger charge is 2.43. The number of nitrogens with two attached hydrogens (primary N) is 1. The fourth-order valence-corrected chi connectivity index (χ4v) is 6.63. The van der Waals surface area contributed by atoms with Gasteiger partial charge in [-0.3, -0.25) is 0 Å². The minimum atomic E-state index is -0.922. The van der Waals surface area contributed by atoms with Gasteiger partial charge in [-0.05, 0) is 96.9 Å². The zero-order valence-corrected chi connectivity index (χ0v) is 20.5. The van der Waals surface area contributed by atoms with Crippen molar-refractivity contribution >= 4 is 0 Å². The molecule has 4 rings (SSSR count). The van der Waals surface area contributed by atoms with Gasteiger partial charge in [0.2, 0.25) is 0 Å². The molecule has 2 unspecified atom stereocenters. The van der Waals surface area contributed by atoms with Crippen molar-refractivity contribution in [2.75, 3.05) is 20.3 Å². The van der Waals surface area contributed by atoms with Gasteiger partial charge in [0.05, 0.1) is 25.9 Å². The summed E-state index contributed by atoms with van der Waals surface area (Å²) >= 11 is 0. The number of hydrogen-bond acceptors (Lipinski definition) is 4. The Morgan fingerprint density at radius 2 is 1.58 bits per heavy atom. The van der Waals surface area contributed by atoms with Crippen LogP contribution in [0.15, 0.2) is 42.5 Å². The van der Waals surface area contributed by atoms with Crippen molar-refractivity contribution in [1.82, 2.24) is 0 Å². The lowest BCUT2D eigenvalue weighted by molar-refractivity contribution is 0.0886. The van der Waals surface area contributed by atoms with Gasteiger partial charge in [-0.1, -0.05) is 44.2 Å². The summed E-state index contributed by atoms with van der Waals surface area (Å²) in [7, 11) is 1.79. The van der Waals surface area contributed by atoms with Gasteiger partial charge < -0.3 is 20.7 Å². The molecule has 0 heterocycles. The minimum Gasteiger partial charge on any atom is -0.496 e. The molecule has 0 amide bonds. The molecule has 4 heteroatoms. The second-order valence-electron chi connectivity index (χ2n) is 11.3. The first-order valence-corrected chi connectivity index (χ1v) is 12.6. The topological polar surface area (TPSA) is 75.7 Å². The molecule has 4 N–H and O–H groups in total. The van der Waals surface area contributed by atoms with E-state index in [4.69, 9.17) is 10.5 Å². The SMILES string of the molecule is COc1ccc(-c2ccc(CCC(N)(CO)CO)cc2)cc1C1(C)CC2CC(C)CC(C2)C1. The van der Waals surface area contributed by atoms with E-state index < -0.39 is 5.54 Å². The zero-order valence-electron chi connectivity index (χ0n) is 20.5. The molecule has 0 spiro atoms. The summed E-state index contributed by atoms with van der Waals surface area (Å²) in [5.74, 6) is 3.54. The molecule has 2 aromatic carbocycles. The van der Waals surface area contributed by atoms with Gasteiger partial charge in [0.15, 0.2) is 0 Å². The molecule has 180 valence electrons. The highest BCUT2D eigenvalue weighted by molar-refractivity contribution is 5.67. The van der Waals surface area contributed by atoms with Crippen molar-refractivity contribution in [2.45, 2.75) is 69.7 Å². The van der Waals surface area contributed by atoms with Gasteiger partial charge in [-0.2, -0.15) is 0 Å². The number of methoxy groups -OCH3 is 1. The summed E-state index contributed by atoms with van der Waals surface area (Å²) in [6.45, 7) is 4.45. The largest absolute Gasteiger partial charge is 0.496 e. The summed E-state index contributed by atoms with van der Waals surface area (Å²) in [6, 6.07) is 15.2. The van der Waals surface area contributed by atoms with E-state index in [0.29, 0.717) is 6.42 Å². The van der Waals surface area contributed by atoms with Gasteiger partial charge in [0.25, 0.3) is 0 Å². The lowest BCUT2D eigenvalue weighted by Crippen LogP contribution is -2.47. The molecule has 0 aliphatic heterocycles. The van der Waals surface area contributed by atoms with Crippen molar-refractivity contribution in [2.24, 2.45) is 23.5 Å². The average molecular weight is 452 g/mol. The molecule has 0 aromatic heterocycles. The number of aryl methyl sites for hydroxylation is 1. The van der Waals surface area contributed by atoms with Crippen molar-refractivity contribution in [3.05, 3.63) is 53.6 Å². The number of ether oxygens (including phenoxy) is 1. The van der Waals surface area contributed by atoms with Crippen LogP contribution in [0.1, 0.15) is 63.5 Å². The van der Waals surface area contributed by atoms with Crippen LogP contribution in [0.2, 0.25) is 0 Å². The maximum atomic E-state index is 9.42. The van der Waals surface area contributed by atoms with Gasteiger partial charge in [-0.25, -0.2) is 0 Å². The Kier molecular flexibility index (Phi) is 7.18. The van der Waals surface area contributed by atoms with Gasteiger partial charge in [0, 0.05) is 5.56 Å². The smallest absolute Gasteiger partial charge is 0.122 e. The van der Waals surface area contributed by atoms with E-state index >= 15 is 0 Å². The quantitative estimate of drug-likeness (QED) is 0.523. The van der Waals surface area contributed by atoms with E-state index in [0.717, 1.165) is 35.5 Å². The summed E-state index contributed by atoms with van der Waals surface area (Å²) in [4.78, 5) is 0. The third-order valence-corrected chi connectivity index (χ3v) is 8.29. The number of benzene rings is 2. The number of hydrogen-bond donors (Lipinski definition) is 3. The number of fused-ring (bicyclic) bond motifs is 2. The molecular weight excluding hydrogens is 410 g/mol. The van der Waals surface area contributed by atoms with E-state index in [1.165, 1.54) is 48.8 Å². The van der Waals surface area contributed by atoms with Crippen LogP contribution in [-0.4, -0.2) is 36.1 Å². The molecule has 2 aliphatic carbocycles. The van der Waals surface area contributed by atoms with Crippen molar-refractivity contribution in [3.8, 4) is 16.9 Å². The van der Waals surface area contributed by atoms with Gasteiger partial charge in [-0.15, -0.1) is 0 Å². The van der Waals surface area contributed by atoms with E-state index in [1.54, 1.807) is 7.11 Å². The lowest BCUT2D eigenvalue weighted by Gasteiger charge is -2.48. The highest BCUT2D eigenvalue weighted by Crippen LogP contribution is 2.53. The number of rotatable bonds is 8. The first kappa shape index (κ1) is 24.3. The predicted molar refractivity (Wildman–Crippen MR) is 134 cm³/mol.